The van der Waals surface area contributed by atoms with Gasteiger partial charge in [-0.15, -0.1) is 0 Å². The lowest BCUT2D eigenvalue weighted by Gasteiger charge is -2.10. The molecule has 168 valence electrons. The molecule has 0 spiro atoms. The zero-order chi connectivity index (χ0) is 23.5. The molecule has 0 fully saturated rings. The standard InChI is InChI=1S/C25H21N7O2/c1-17-22(15-27-32(17)20-6-4-3-5-7-20)25(33)30-19-8-10-21(11-9-19)34-24-14-23(28-18(2)29-24)31-13-12-26-16-31/h3-16H,1-2H3,(H,30,33). The summed E-state index contributed by atoms with van der Waals surface area (Å²) in [6.45, 7) is 3.67. The Morgan fingerprint density at radius 3 is 2.53 bits per heavy atom. The molecule has 0 saturated heterocycles. The van der Waals surface area contributed by atoms with Gasteiger partial charge in [0.25, 0.3) is 5.91 Å². The summed E-state index contributed by atoms with van der Waals surface area (Å²) >= 11 is 0. The van der Waals surface area contributed by atoms with E-state index < -0.39 is 0 Å². The molecular weight excluding hydrogens is 430 g/mol. The van der Waals surface area contributed by atoms with E-state index in [0.29, 0.717) is 34.5 Å². The zero-order valence-electron chi connectivity index (χ0n) is 18.6. The Kier molecular flexibility index (Phi) is 5.57. The second-order valence-corrected chi connectivity index (χ2v) is 7.55. The largest absolute Gasteiger partial charge is 0.439 e. The molecular formula is C25H21N7O2. The Hall–Kier alpha value is -4.79. The number of hydrogen-bond acceptors (Lipinski definition) is 6. The predicted octanol–water partition coefficient (Wildman–Crippen LogP) is 4.51. The van der Waals surface area contributed by atoms with Crippen molar-refractivity contribution in [3.05, 3.63) is 103 Å². The number of aryl methyl sites for hydroxylation is 1. The molecule has 0 bridgehead atoms. The van der Waals surface area contributed by atoms with E-state index in [2.05, 4.69) is 25.4 Å². The number of para-hydroxylation sites is 1. The van der Waals surface area contributed by atoms with Gasteiger partial charge in [-0.05, 0) is 50.2 Å². The van der Waals surface area contributed by atoms with Gasteiger partial charge in [-0.2, -0.15) is 10.1 Å². The summed E-state index contributed by atoms with van der Waals surface area (Å²) in [6, 6.07) is 18.5. The summed E-state index contributed by atoms with van der Waals surface area (Å²) in [5.74, 6) is 2.01. The number of amides is 1. The Balaban J connectivity index is 1.28. The maximum atomic E-state index is 12.8. The molecule has 0 aliphatic rings. The number of hydrogen-bond donors (Lipinski definition) is 1. The van der Waals surface area contributed by atoms with E-state index in [4.69, 9.17) is 4.74 Å². The van der Waals surface area contributed by atoms with E-state index >= 15 is 0 Å². The molecule has 0 radical (unpaired) electrons. The monoisotopic (exact) mass is 451 g/mol. The van der Waals surface area contributed by atoms with Crippen molar-refractivity contribution >= 4 is 11.6 Å². The van der Waals surface area contributed by atoms with Gasteiger partial charge >= 0.3 is 0 Å². The lowest BCUT2D eigenvalue weighted by atomic mass is 10.2. The fourth-order valence-corrected chi connectivity index (χ4v) is 3.49. The van der Waals surface area contributed by atoms with Crippen molar-refractivity contribution in [1.29, 1.82) is 0 Å². The number of carbonyl (C=O) groups excluding carboxylic acids is 1. The SMILES string of the molecule is Cc1nc(Oc2ccc(NC(=O)c3cnn(-c4ccccc4)c3C)cc2)cc(-n2ccnc2)n1. The summed E-state index contributed by atoms with van der Waals surface area (Å²) < 4.78 is 9.43. The molecule has 3 aromatic heterocycles. The van der Waals surface area contributed by atoms with Gasteiger partial charge in [0, 0.05) is 24.1 Å². The fourth-order valence-electron chi connectivity index (χ4n) is 3.49. The number of rotatable bonds is 6. The second-order valence-electron chi connectivity index (χ2n) is 7.55. The van der Waals surface area contributed by atoms with Crippen molar-refractivity contribution in [3.63, 3.8) is 0 Å². The number of carbonyl (C=O) groups is 1. The van der Waals surface area contributed by atoms with Crippen LogP contribution in [0.5, 0.6) is 11.6 Å². The highest BCUT2D eigenvalue weighted by molar-refractivity contribution is 6.05. The third-order valence-corrected chi connectivity index (χ3v) is 5.16. The van der Waals surface area contributed by atoms with Crippen molar-refractivity contribution in [1.82, 2.24) is 29.3 Å². The molecule has 0 saturated carbocycles. The van der Waals surface area contributed by atoms with E-state index in [1.807, 2.05) is 37.3 Å². The first-order valence-electron chi connectivity index (χ1n) is 10.6. The van der Waals surface area contributed by atoms with Crippen LogP contribution in [0.3, 0.4) is 0 Å². The third-order valence-electron chi connectivity index (χ3n) is 5.16. The molecule has 0 aliphatic heterocycles. The highest BCUT2D eigenvalue weighted by atomic mass is 16.5. The van der Waals surface area contributed by atoms with Gasteiger partial charge in [-0.3, -0.25) is 9.36 Å². The van der Waals surface area contributed by atoms with E-state index in [1.165, 1.54) is 0 Å². The predicted molar refractivity (Wildman–Crippen MR) is 127 cm³/mol. The average molecular weight is 451 g/mol. The number of imidazole rings is 1. The Labute approximate surface area is 195 Å². The van der Waals surface area contributed by atoms with Gasteiger partial charge in [0.2, 0.25) is 5.88 Å². The molecule has 5 aromatic rings. The summed E-state index contributed by atoms with van der Waals surface area (Å²) in [6.07, 6.45) is 6.71. The molecule has 0 unspecified atom stereocenters. The van der Waals surface area contributed by atoms with Crippen LogP contribution < -0.4 is 10.1 Å². The number of ether oxygens (including phenoxy) is 1. The summed E-state index contributed by atoms with van der Waals surface area (Å²) in [5.41, 5.74) is 2.81. The van der Waals surface area contributed by atoms with Crippen LogP contribution in [-0.2, 0) is 0 Å². The van der Waals surface area contributed by atoms with Gasteiger partial charge in [-0.25, -0.2) is 14.6 Å². The van der Waals surface area contributed by atoms with E-state index in [9.17, 15) is 4.79 Å². The molecule has 5 rings (SSSR count). The molecule has 34 heavy (non-hydrogen) atoms. The third kappa shape index (κ3) is 4.40. The van der Waals surface area contributed by atoms with Crippen LogP contribution in [0.2, 0.25) is 0 Å². The highest BCUT2D eigenvalue weighted by Gasteiger charge is 2.15. The highest BCUT2D eigenvalue weighted by Crippen LogP contribution is 2.24. The maximum absolute atomic E-state index is 12.8. The smallest absolute Gasteiger partial charge is 0.259 e. The fraction of sp³-hybridized carbons (Fsp3) is 0.0800. The van der Waals surface area contributed by atoms with Gasteiger partial charge in [0.15, 0.2) is 0 Å². The first-order chi connectivity index (χ1) is 16.6. The number of benzene rings is 2. The van der Waals surface area contributed by atoms with Crippen LogP contribution in [-0.4, -0.2) is 35.2 Å². The minimum atomic E-state index is -0.232. The van der Waals surface area contributed by atoms with Gasteiger partial charge in [0.1, 0.15) is 23.7 Å². The van der Waals surface area contributed by atoms with Gasteiger partial charge in [0.05, 0.1) is 23.1 Å². The molecule has 1 amide bonds. The van der Waals surface area contributed by atoms with Crippen molar-refractivity contribution in [3.8, 4) is 23.1 Å². The minimum Gasteiger partial charge on any atom is -0.439 e. The van der Waals surface area contributed by atoms with E-state index in [-0.39, 0.29) is 5.91 Å². The Morgan fingerprint density at radius 1 is 1.00 bits per heavy atom. The van der Waals surface area contributed by atoms with Crippen LogP contribution >= 0.6 is 0 Å². The van der Waals surface area contributed by atoms with Crippen molar-refractivity contribution in [2.45, 2.75) is 13.8 Å². The lowest BCUT2D eigenvalue weighted by molar-refractivity contribution is 0.102. The molecule has 9 nitrogen and oxygen atoms in total. The molecule has 9 heteroatoms. The normalized spacial score (nSPS) is 10.8. The maximum Gasteiger partial charge on any atom is 0.259 e. The van der Waals surface area contributed by atoms with Gasteiger partial charge in [-0.1, -0.05) is 18.2 Å². The first-order valence-corrected chi connectivity index (χ1v) is 10.6. The number of anilines is 1. The van der Waals surface area contributed by atoms with Crippen molar-refractivity contribution in [2.75, 3.05) is 5.32 Å². The molecule has 0 aliphatic carbocycles. The summed E-state index contributed by atoms with van der Waals surface area (Å²) in [5, 5.41) is 7.27. The van der Waals surface area contributed by atoms with Crippen LogP contribution in [0.15, 0.2) is 85.6 Å². The van der Waals surface area contributed by atoms with Crippen LogP contribution in [0, 0.1) is 13.8 Å². The summed E-state index contributed by atoms with van der Waals surface area (Å²) in [4.78, 5) is 25.6. The Bertz CT molecular complexity index is 1430. The molecule has 3 heterocycles. The van der Waals surface area contributed by atoms with Crippen LogP contribution in [0.4, 0.5) is 5.69 Å². The van der Waals surface area contributed by atoms with Gasteiger partial charge < -0.3 is 10.1 Å². The van der Waals surface area contributed by atoms with Crippen LogP contribution in [0.25, 0.3) is 11.5 Å². The van der Waals surface area contributed by atoms with Crippen LogP contribution in [0.1, 0.15) is 21.9 Å². The van der Waals surface area contributed by atoms with E-state index in [0.717, 1.165) is 11.4 Å². The molecule has 0 atom stereocenters. The van der Waals surface area contributed by atoms with Crippen molar-refractivity contribution < 1.29 is 9.53 Å². The lowest BCUT2D eigenvalue weighted by Crippen LogP contribution is -2.13. The van der Waals surface area contributed by atoms with Crippen molar-refractivity contribution in [2.24, 2.45) is 0 Å². The second kappa shape index (κ2) is 8.99. The minimum absolute atomic E-state index is 0.232. The van der Waals surface area contributed by atoms with E-state index in [1.54, 1.807) is 71.4 Å². The average Bonchev–Trinajstić information content (AvgIpc) is 3.51. The zero-order valence-corrected chi connectivity index (χ0v) is 18.6. The molecule has 2 aromatic carbocycles. The number of aromatic nitrogens is 6. The quantitative estimate of drug-likeness (QED) is 0.408. The number of nitrogens with one attached hydrogen (secondary N) is 1. The topological polar surface area (TPSA) is 99.8 Å². The Morgan fingerprint density at radius 2 is 1.79 bits per heavy atom. The number of nitrogens with zero attached hydrogens (tertiary/aromatic N) is 6. The molecule has 1 N–H and O–H groups in total. The summed E-state index contributed by atoms with van der Waals surface area (Å²) in [7, 11) is 0. The first kappa shape index (κ1) is 21.1.